The monoisotopic (exact) mass is 272 g/mol. The summed E-state index contributed by atoms with van der Waals surface area (Å²) in [5.41, 5.74) is 2.09. The van der Waals surface area contributed by atoms with Gasteiger partial charge in [-0.15, -0.1) is 11.3 Å². The molecule has 0 unspecified atom stereocenters. The van der Waals surface area contributed by atoms with E-state index in [1.54, 1.807) is 11.3 Å². The summed E-state index contributed by atoms with van der Waals surface area (Å²) in [7, 11) is 0. The first kappa shape index (κ1) is 13.6. The van der Waals surface area contributed by atoms with Gasteiger partial charge in [-0.05, 0) is 18.1 Å². The number of aromatic nitrogens is 1. The first-order valence-electron chi connectivity index (χ1n) is 6.34. The number of hydrogen-bond donors (Lipinski definition) is 0. The summed E-state index contributed by atoms with van der Waals surface area (Å²) < 4.78 is 5.80. The van der Waals surface area contributed by atoms with Crippen molar-refractivity contribution in [2.75, 3.05) is 6.61 Å². The van der Waals surface area contributed by atoms with E-state index in [1.165, 1.54) is 5.56 Å². The van der Waals surface area contributed by atoms with Gasteiger partial charge in [0.1, 0.15) is 5.75 Å². The molecule has 19 heavy (non-hydrogen) atoms. The predicted octanol–water partition coefficient (Wildman–Crippen LogP) is 3.39. The third-order valence-electron chi connectivity index (χ3n) is 2.79. The molecule has 1 aromatic carbocycles. The molecule has 0 spiro atoms. The van der Waals surface area contributed by atoms with Crippen molar-refractivity contribution in [2.24, 2.45) is 0 Å². The van der Waals surface area contributed by atoms with Crippen LogP contribution in [0.4, 0.5) is 0 Å². The molecule has 98 valence electrons. The van der Waals surface area contributed by atoms with E-state index >= 15 is 0 Å². The normalized spacial score (nSPS) is 10.1. The Bertz CT molecular complexity index is 572. The molecule has 0 amide bonds. The molecule has 0 N–H and O–H groups in total. The molecule has 0 aliphatic rings. The van der Waals surface area contributed by atoms with Gasteiger partial charge in [-0.25, -0.2) is 4.98 Å². The minimum atomic E-state index is 0.385. The van der Waals surface area contributed by atoms with Crippen molar-refractivity contribution < 1.29 is 4.74 Å². The Morgan fingerprint density at radius 2 is 2.21 bits per heavy atom. The number of aryl methyl sites for hydroxylation is 1. The maximum Gasteiger partial charge on any atom is 0.122 e. The Hall–Kier alpha value is -1.86. The van der Waals surface area contributed by atoms with E-state index < -0.39 is 0 Å². The van der Waals surface area contributed by atoms with Crippen LogP contribution in [0.5, 0.6) is 5.75 Å². The van der Waals surface area contributed by atoms with Crippen LogP contribution in [0.15, 0.2) is 29.6 Å². The largest absolute Gasteiger partial charge is 0.493 e. The van der Waals surface area contributed by atoms with E-state index in [9.17, 15) is 0 Å². The molecule has 0 aliphatic heterocycles. The lowest BCUT2D eigenvalue weighted by Gasteiger charge is -2.09. The summed E-state index contributed by atoms with van der Waals surface area (Å²) in [6.07, 6.45) is 2.14. The van der Waals surface area contributed by atoms with Crippen LogP contribution in [-0.4, -0.2) is 11.6 Å². The maximum absolute atomic E-state index is 8.60. The summed E-state index contributed by atoms with van der Waals surface area (Å²) in [5.74, 6) is 0.957. The molecule has 0 saturated carbocycles. The van der Waals surface area contributed by atoms with Gasteiger partial charge in [-0.3, -0.25) is 0 Å². The average Bonchev–Trinajstić information content (AvgIpc) is 2.87. The molecule has 4 heteroatoms. The third-order valence-corrected chi connectivity index (χ3v) is 3.74. The molecule has 0 radical (unpaired) electrons. The number of benzene rings is 1. The molecular weight excluding hydrogens is 256 g/mol. The number of nitrogens with zero attached hydrogens (tertiary/aromatic N) is 2. The van der Waals surface area contributed by atoms with Gasteiger partial charge in [0, 0.05) is 11.8 Å². The number of hydrogen-bond acceptors (Lipinski definition) is 4. The second kappa shape index (κ2) is 6.91. The highest BCUT2D eigenvalue weighted by atomic mass is 32.1. The highest BCUT2D eigenvalue weighted by molar-refractivity contribution is 7.09. The van der Waals surface area contributed by atoms with Gasteiger partial charge < -0.3 is 4.74 Å². The van der Waals surface area contributed by atoms with Crippen LogP contribution in [0.2, 0.25) is 0 Å². The van der Waals surface area contributed by atoms with Crippen molar-refractivity contribution in [2.45, 2.75) is 26.2 Å². The number of nitriles is 1. The maximum atomic E-state index is 8.60. The highest BCUT2D eigenvalue weighted by Crippen LogP contribution is 2.19. The van der Waals surface area contributed by atoms with Gasteiger partial charge in [0.25, 0.3) is 0 Å². The van der Waals surface area contributed by atoms with E-state index in [0.717, 1.165) is 29.3 Å². The van der Waals surface area contributed by atoms with Crippen LogP contribution in [-0.2, 0) is 19.3 Å². The van der Waals surface area contributed by atoms with Gasteiger partial charge >= 0.3 is 0 Å². The Kier molecular flexibility index (Phi) is 4.93. The van der Waals surface area contributed by atoms with E-state index in [4.69, 9.17) is 10.00 Å². The third kappa shape index (κ3) is 3.80. The fraction of sp³-hybridized carbons (Fsp3) is 0.333. The summed E-state index contributed by atoms with van der Waals surface area (Å²) in [6, 6.07) is 10.2. The summed E-state index contributed by atoms with van der Waals surface area (Å²) >= 11 is 1.59. The Labute approximate surface area is 117 Å². The molecule has 3 nitrogen and oxygen atoms in total. The molecule has 1 aromatic heterocycles. The van der Waals surface area contributed by atoms with Gasteiger partial charge in [0.15, 0.2) is 0 Å². The number of rotatable bonds is 6. The summed E-state index contributed by atoms with van der Waals surface area (Å²) in [5, 5.41) is 11.6. The molecule has 0 saturated heterocycles. The fourth-order valence-corrected chi connectivity index (χ4v) is 2.59. The predicted molar refractivity (Wildman–Crippen MR) is 76.5 cm³/mol. The van der Waals surface area contributed by atoms with Crippen LogP contribution >= 0.6 is 11.3 Å². The zero-order valence-electron chi connectivity index (χ0n) is 10.9. The van der Waals surface area contributed by atoms with Gasteiger partial charge in [-0.2, -0.15) is 5.26 Å². The fourth-order valence-electron chi connectivity index (χ4n) is 1.81. The Morgan fingerprint density at radius 1 is 1.37 bits per heavy atom. The summed E-state index contributed by atoms with van der Waals surface area (Å²) in [4.78, 5) is 4.39. The smallest absolute Gasteiger partial charge is 0.122 e. The Balaban J connectivity index is 1.87. The number of para-hydroxylation sites is 1. The van der Waals surface area contributed by atoms with Crippen LogP contribution in [0.1, 0.15) is 23.2 Å². The first-order valence-corrected chi connectivity index (χ1v) is 7.22. The minimum absolute atomic E-state index is 0.385. The highest BCUT2D eigenvalue weighted by Gasteiger charge is 2.04. The lowest BCUT2D eigenvalue weighted by molar-refractivity contribution is 0.318. The average molecular weight is 272 g/mol. The van der Waals surface area contributed by atoms with Crippen LogP contribution in [0.3, 0.4) is 0 Å². The van der Waals surface area contributed by atoms with Crippen LogP contribution < -0.4 is 4.74 Å². The van der Waals surface area contributed by atoms with E-state index in [0.29, 0.717) is 13.0 Å². The quantitative estimate of drug-likeness (QED) is 0.809. The van der Waals surface area contributed by atoms with Gasteiger partial charge in [-0.1, -0.05) is 25.1 Å². The lowest BCUT2D eigenvalue weighted by Crippen LogP contribution is -2.03. The van der Waals surface area contributed by atoms with Crippen molar-refractivity contribution in [3.8, 4) is 11.8 Å². The molecule has 1 heterocycles. The molecule has 0 bridgehead atoms. The summed E-state index contributed by atoms with van der Waals surface area (Å²) in [6.45, 7) is 2.74. The molecule has 0 fully saturated rings. The molecule has 2 aromatic rings. The second-order valence-corrected chi connectivity index (χ2v) is 5.07. The Morgan fingerprint density at radius 3 is 3.00 bits per heavy atom. The van der Waals surface area contributed by atoms with Gasteiger partial charge in [0.2, 0.25) is 0 Å². The number of thiazole rings is 1. The van der Waals surface area contributed by atoms with Gasteiger partial charge in [0.05, 0.1) is 29.8 Å². The van der Waals surface area contributed by atoms with Crippen molar-refractivity contribution in [1.82, 2.24) is 4.98 Å². The molecular formula is C15H16N2OS. The van der Waals surface area contributed by atoms with Crippen LogP contribution in [0.25, 0.3) is 0 Å². The van der Waals surface area contributed by atoms with E-state index in [-0.39, 0.29) is 0 Å². The lowest BCUT2D eigenvalue weighted by atomic mass is 10.1. The van der Waals surface area contributed by atoms with Crippen molar-refractivity contribution in [3.05, 3.63) is 45.9 Å². The zero-order valence-corrected chi connectivity index (χ0v) is 11.7. The minimum Gasteiger partial charge on any atom is -0.493 e. The van der Waals surface area contributed by atoms with E-state index in [1.807, 2.05) is 23.6 Å². The van der Waals surface area contributed by atoms with E-state index in [2.05, 4.69) is 24.0 Å². The topological polar surface area (TPSA) is 45.9 Å². The van der Waals surface area contributed by atoms with Crippen molar-refractivity contribution >= 4 is 11.3 Å². The zero-order chi connectivity index (χ0) is 13.5. The van der Waals surface area contributed by atoms with Crippen molar-refractivity contribution in [3.63, 3.8) is 0 Å². The molecule has 2 rings (SSSR count). The first-order chi connectivity index (χ1) is 9.33. The SMILES string of the molecule is CCc1ccccc1OCCc1nc(CC#N)cs1. The second-order valence-electron chi connectivity index (χ2n) is 4.13. The standard InChI is InChI=1S/C15H16N2OS/c1-2-12-5-3-4-6-14(12)18-10-8-15-17-13(7-9-16)11-19-15/h3-6,11H,2,7-8,10H2,1H3. The van der Waals surface area contributed by atoms with Crippen LogP contribution in [0, 0.1) is 11.3 Å². The number of ether oxygens (including phenoxy) is 1. The molecule has 0 atom stereocenters. The molecule has 0 aliphatic carbocycles. The van der Waals surface area contributed by atoms with Crippen molar-refractivity contribution in [1.29, 1.82) is 5.26 Å².